The molecule has 1 atom stereocenters. The van der Waals surface area contributed by atoms with Crippen LogP contribution in [0.2, 0.25) is 0 Å². The predicted molar refractivity (Wildman–Crippen MR) is 69.6 cm³/mol. The molecule has 17 heavy (non-hydrogen) atoms. The van der Waals surface area contributed by atoms with Crippen LogP contribution in [-0.4, -0.2) is 61.0 Å². The second-order valence-electron chi connectivity index (χ2n) is 5.38. The summed E-state index contributed by atoms with van der Waals surface area (Å²) in [5.74, 6) is -0.426. The first-order valence-electron chi connectivity index (χ1n) is 6.41. The van der Waals surface area contributed by atoms with Gasteiger partial charge in [-0.05, 0) is 46.3 Å². The number of hydrogen-bond acceptors (Lipinski definition) is 4. The van der Waals surface area contributed by atoms with Crippen molar-refractivity contribution >= 4 is 5.91 Å². The van der Waals surface area contributed by atoms with Crippen molar-refractivity contribution in [2.75, 3.05) is 39.8 Å². The molecule has 0 saturated carbocycles. The number of rotatable bonds is 7. The Morgan fingerprint density at radius 1 is 1.35 bits per heavy atom. The van der Waals surface area contributed by atoms with Crippen LogP contribution in [0.3, 0.4) is 0 Å². The van der Waals surface area contributed by atoms with Gasteiger partial charge in [-0.25, -0.2) is 0 Å². The zero-order chi connectivity index (χ0) is 12.9. The predicted octanol–water partition coefficient (Wildman–Crippen LogP) is -0.393. The van der Waals surface area contributed by atoms with Gasteiger partial charge in [0, 0.05) is 19.6 Å². The van der Waals surface area contributed by atoms with Crippen LogP contribution in [0.5, 0.6) is 0 Å². The van der Waals surface area contributed by atoms with Gasteiger partial charge in [-0.15, -0.1) is 0 Å². The molecule has 1 aliphatic rings. The van der Waals surface area contributed by atoms with Gasteiger partial charge in [0.2, 0.25) is 5.91 Å². The third kappa shape index (κ3) is 5.02. The molecule has 0 aromatic rings. The van der Waals surface area contributed by atoms with Gasteiger partial charge < -0.3 is 21.3 Å². The third-order valence-electron chi connectivity index (χ3n) is 3.57. The van der Waals surface area contributed by atoms with E-state index in [0.717, 1.165) is 19.6 Å². The fraction of sp³-hybridized carbons (Fsp3) is 0.917. The molecule has 1 rings (SSSR count). The highest BCUT2D eigenvalue weighted by Crippen LogP contribution is 2.08. The van der Waals surface area contributed by atoms with Gasteiger partial charge in [-0.1, -0.05) is 0 Å². The topological polar surface area (TPSA) is 75.6 Å². The Kier molecular flexibility index (Phi) is 5.36. The van der Waals surface area contributed by atoms with Crippen molar-refractivity contribution in [1.29, 1.82) is 0 Å². The Balaban J connectivity index is 2.16. The second-order valence-corrected chi connectivity index (χ2v) is 5.38. The van der Waals surface area contributed by atoms with Gasteiger partial charge in [0.15, 0.2) is 0 Å². The standard InChI is InChI=1S/C12H26N4O/c1-12(14,11(13)17)5-8-15(2)9-10-16-6-3-4-7-16/h3-10,14H2,1-2H3,(H2,13,17). The van der Waals surface area contributed by atoms with Crippen LogP contribution in [0.1, 0.15) is 26.2 Å². The number of nitrogens with two attached hydrogens (primary N) is 2. The molecular formula is C12H26N4O. The lowest BCUT2D eigenvalue weighted by Gasteiger charge is -2.25. The van der Waals surface area contributed by atoms with Crippen LogP contribution in [-0.2, 0) is 4.79 Å². The lowest BCUT2D eigenvalue weighted by atomic mass is 9.98. The third-order valence-corrected chi connectivity index (χ3v) is 3.57. The summed E-state index contributed by atoms with van der Waals surface area (Å²) in [7, 11) is 2.06. The lowest BCUT2D eigenvalue weighted by Crippen LogP contribution is -2.51. The zero-order valence-electron chi connectivity index (χ0n) is 11.1. The lowest BCUT2D eigenvalue weighted by molar-refractivity contribution is -0.122. The molecule has 1 fully saturated rings. The van der Waals surface area contributed by atoms with Crippen molar-refractivity contribution in [3.63, 3.8) is 0 Å². The van der Waals surface area contributed by atoms with Crippen LogP contribution in [0.15, 0.2) is 0 Å². The number of amides is 1. The maximum Gasteiger partial charge on any atom is 0.237 e. The van der Waals surface area contributed by atoms with E-state index in [1.807, 2.05) is 0 Å². The molecule has 0 radical (unpaired) electrons. The van der Waals surface area contributed by atoms with Crippen molar-refractivity contribution in [3.05, 3.63) is 0 Å². The van der Waals surface area contributed by atoms with Gasteiger partial charge in [0.05, 0.1) is 5.54 Å². The minimum absolute atomic E-state index is 0.426. The van der Waals surface area contributed by atoms with E-state index in [4.69, 9.17) is 11.5 Å². The highest BCUT2D eigenvalue weighted by atomic mass is 16.1. The first kappa shape index (κ1) is 14.4. The summed E-state index contributed by atoms with van der Waals surface area (Å²) >= 11 is 0. The van der Waals surface area contributed by atoms with E-state index < -0.39 is 11.4 Å². The van der Waals surface area contributed by atoms with E-state index in [9.17, 15) is 4.79 Å². The number of hydrogen-bond donors (Lipinski definition) is 2. The number of carbonyl (C=O) groups excluding carboxylic acids is 1. The SMILES string of the molecule is CN(CCN1CCCC1)CCC(C)(N)C(N)=O. The van der Waals surface area contributed by atoms with Crippen molar-refractivity contribution < 1.29 is 4.79 Å². The largest absolute Gasteiger partial charge is 0.368 e. The molecule has 1 aliphatic heterocycles. The zero-order valence-corrected chi connectivity index (χ0v) is 11.1. The van der Waals surface area contributed by atoms with Crippen molar-refractivity contribution in [3.8, 4) is 0 Å². The summed E-state index contributed by atoms with van der Waals surface area (Å²) in [6, 6.07) is 0. The fourth-order valence-corrected chi connectivity index (χ4v) is 1.98. The molecule has 100 valence electrons. The number of carbonyl (C=O) groups is 1. The highest BCUT2D eigenvalue weighted by Gasteiger charge is 2.25. The summed E-state index contributed by atoms with van der Waals surface area (Å²) in [5.41, 5.74) is 10.2. The molecule has 1 heterocycles. The molecule has 0 aliphatic carbocycles. The Labute approximate surface area is 104 Å². The summed E-state index contributed by atoms with van der Waals surface area (Å²) in [6.45, 7) is 7.09. The molecule has 1 saturated heterocycles. The Bertz CT molecular complexity index is 249. The second kappa shape index (κ2) is 6.33. The summed E-state index contributed by atoms with van der Waals surface area (Å²) < 4.78 is 0. The molecule has 1 unspecified atom stereocenters. The first-order valence-corrected chi connectivity index (χ1v) is 6.41. The van der Waals surface area contributed by atoms with Crippen LogP contribution >= 0.6 is 0 Å². The van der Waals surface area contributed by atoms with E-state index in [1.54, 1.807) is 6.92 Å². The number of nitrogens with zero attached hydrogens (tertiary/aromatic N) is 2. The van der Waals surface area contributed by atoms with Crippen LogP contribution < -0.4 is 11.5 Å². The molecule has 0 spiro atoms. The molecular weight excluding hydrogens is 216 g/mol. The molecule has 4 N–H and O–H groups in total. The summed E-state index contributed by atoms with van der Waals surface area (Å²) in [6.07, 6.45) is 3.26. The minimum Gasteiger partial charge on any atom is -0.368 e. The van der Waals surface area contributed by atoms with Gasteiger partial charge in [0.25, 0.3) is 0 Å². The maximum atomic E-state index is 11.1. The normalized spacial score (nSPS) is 20.7. The number of likely N-dealkylation sites (N-methyl/N-ethyl adjacent to an activating group) is 1. The maximum absolute atomic E-state index is 11.1. The molecule has 1 amide bonds. The monoisotopic (exact) mass is 242 g/mol. The Morgan fingerprint density at radius 2 is 1.94 bits per heavy atom. The highest BCUT2D eigenvalue weighted by molar-refractivity contribution is 5.83. The quantitative estimate of drug-likeness (QED) is 0.637. The van der Waals surface area contributed by atoms with Crippen LogP contribution in [0.25, 0.3) is 0 Å². The van der Waals surface area contributed by atoms with E-state index in [1.165, 1.54) is 25.9 Å². The average Bonchev–Trinajstić information content (AvgIpc) is 2.76. The number of primary amides is 1. The first-order chi connectivity index (χ1) is 7.92. The molecule has 5 heteroatoms. The van der Waals surface area contributed by atoms with Gasteiger partial charge >= 0.3 is 0 Å². The van der Waals surface area contributed by atoms with Crippen LogP contribution in [0.4, 0.5) is 0 Å². The van der Waals surface area contributed by atoms with Gasteiger partial charge in [-0.2, -0.15) is 0 Å². The van der Waals surface area contributed by atoms with Gasteiger partial charge in [0.1, 0.15) is 0 Å². The number of likely N-dealkylation sites (tertiary alicyclic amines) is 1. The smallest absolute Gasteiger partial charge is 0.237 e. The van der Waals surface area contributed by atoms with Crippen molar-refractivity contribution in [2.24, 2.45) is 11.5 Å². The van der Waals surface area contributed by atoms with Crippen molar-refractivity contribution in [2.45, 2.75) is 31.7 Å². The van der Waals surface area contributed by atoms with Crippen LogP contribution in [0, 0.1) is 0 Å². The van der Waals surface area contributed by atoms with E-state index >= 15 is 0 Å². The molecule has 0 aromatic heterocycles. The fourth-order valence-electron chi connectivity index (χ4n) is 1.98. The summed E-state index contributed by atoms with van der Waals surface area (Å²) in [5, 5.41) is 0. The average molecular weight is 242 g/mol. The van der Waals surface area contributed by atoms with E-state index in [2.05, 4.69) is 16.8 Å². The van der Waals surface area contributed by atoms with Crippen molar-refractivity contribution in [1.82, 2.24) is 9.80 Å². The Morgan fingerprint density at radius 3 is 2.47 bits per heavy atom. The summed E-state index contributed by atoms with van der Waals surface area (Å²) in [4.78, 5) is 15.8. The van der Waals surface area contributed by atoms with E-state index in [0.29, 0.717) is 6.42 Å². The molecule has 5 nitrogen and oxygen atoms in total. The minimum atomic E-state index is -0.887. The molecule has 0 bridgehead atoms. The van der Waals surface area contributed by atoms with Gasteiger partial charge in [-0.3, -0.25) is 4.79 Å². The molecule has 0 aromatic carbocycles. The van der Waals surface area contributed by atoms with E-state index in [-0.39, 0.29) is 0 Å². The Hall–Kier alpha value is -0.650.